The second kappa shape index (κ2) is 10.1. The quantitative estimate of drug-likeness (QED) is 0.595. The molecule has 0 saturated heterocycles. The maximum Gasteiger partial charge on any atom is 0.435 e. The number of rotatable bonds is 8. The number of para-hydroxylation sites is 1. The van der Waals surface area contributed by atoms with Crippen LogP contribution in [-0.2, 0) is 15.7 Å². The first-order chi connectivity index (χ1) is 15.1. The average Bonchev–Trinajstić information content (AvgIpc) is 3.17. The molecule has 3 rings (SSSR count). The molecule has 0 fully saturated rings. The zero-order valence-corrected chi connectivity index (χ0v) is 18.3. The third-order valence-corrected chi connectivity index (χ3v) is 4.92. The topological polar surface area (TPSA) is 65.4 Å². The SMILES string of the molecule is CC1C=CC(OC(C)CNC(=O)COc2cc(C(F)(F)F)nn2-c2ccccc2Cl)=CC1. The van der Waals surface area contributed by atoms with Gasteiger partial charge in [-0.2, -0.15) is 23.0 Å². The number of benzene rings is 1. The Morgan fingerprint density at radius 1 is 1.38 bits per heavy atom. The second-order valence-electron chi connectivity index (χ2n) is 7.43. The molecular weight excluding hydrogens is 447 g/mol. The van der Waals surface area contributed by atoms with Crippen molar-refractivity contribution < 1.29 is 27.4 Å². The second-order valence-corrected chi connectivity index (χ2v) is 7.84. The van der Waals surface area contributed by atoms with Gasteiger partial charge in [0.2, 0.25) is 5.88 Å². The van der Waals surface area contributed by atoms with E-state index in [0.29, 0.717) is 5.92 Å². The highest BCUT2D eigenvalue weighted by Crippen LogP contribution is 2.33. The molecule has 1 aromatic heterocycles. The summed E-state index contributed by atoms with van der Waals surface area (Å²) in [6.07, 6.45) is 1.83. The van der Waals surface area contributed by atoms with E-state index in [1.807, 2.05) is 18.2 Å². The summed E-state index contributed by atoms with van der Waals surface area (Å²) in [4.78, 5) is 12.2. The van der Waals surface area contributed by atoms with Crippen molar-refractivity contribution in [2.75, 3.05) is 13.2 Å². The van der Waals surface area contributed by atoms with Crippen LogP contribution in [0.4, 0.5) is 13.2 Å². The van der Waals surface area contributed by atoms with E-state index in [0.717, 1.165) is 22.9 Å². The summed E-state index contributed by atoms with van der Waals surface area (Å²) in [5.41, 5.74) is -0.955. The highest BCUT2D eigenvalue weighted by Gasteiger charge is 2.36. The molecule has 1 heterocycles. The van der Waals surface area contributed by atoms with Gasteiger partial charge in [-0.3, -0.25) is 4.79 Å². The fourth-order valence-electron chi connectivity index (χ4n) is 2.92. The Morgan fingerprint density at radius 2 is 2.12 bits per heavy atom. The number of allylic oxidation sites excluding steroid dienone is 3. The number of carbonyl (C=O) groups excluding carboxylic acids is 1. The molecule has 0 aliphatic heterocycles. The molecule has 6 nitrogen and oxygen atoms in total. The summed E-state index contributed by atoms with van der Waals surface area (Å²) in [6.45, 7) is 3.61. The maximum atomic E-state index is 13.2. The van der Waals surface area contributed by atoms with Crippen LogP contribution in [0.3, 0.4) is 0 Å². The normalized spacial score (nSPS) is 16.9. The lowest BCUT2D eigenvalue weighted by Crippen LogP contribution is -2.35. The van der Waals surface area contributed by atoms with Gasteiger partial charge in [-0.05, 0) is 43.5 Å². The average molecular weight is 470 g/mol. The number of hydrogen-bond donors (Lipinski definition) is 1. The number of aromatic nitrogens is 2. The number of nitrogens with zero attached hydrogens (tertiary/aromatic N) is 2. The van der Waals surface area contributed by atoms with Gasteiger partial charge in [-0.25, -0.2) is 0 Å². The Balaban J connectivity index is 1.60. The van der Waals surface area contributed by atoms with Gasteiger partial charge < -0.3 is 14.8 Å². The van der Waals surface area contributed by atoms with Crippen LogP contribution in [0, 0.1) is 5.92 Å². The van der Waals surface area contributed by atoms with Gasteiger partial charge in [0.25, 0.3) is 5.91 Å². The molecule has 172 valence electrons. The van der Waals surface area contributed by atoms with Gasteiger partial charge >= 0.3 is 6.18 Å². The van der Waals surface area contributed by atoms with Crippen molar-refractivity contribution in [1.82, 2.24) is 15.1 Å². The van der Waals surface area contributed by atoms with Crippen LogP contribution in [0.25, 0.3) is 5.69 Å². The van der Waals surface area contributed by atoms with Crippen molar-refractivity contribution >= 4 is 17.5 Å². The van der Waals surface area contributed by atoms with E-state index in [4.69, 9.17) is 21.1 Å². The summed E-state index contributed by atoms with van der Waals surface area (Å²) in [7, 11) is 0. The lowest BCUT2D eigenvalue weighted by molar-refractivity contribution is -0.141. The van der Waals surface area contributed by atoms with E-state index in [9.17, 15) is 18.0 Å². The third-order valence-electron chi connectivity index (χ3n) is 4.60. The zero-order chi connectivity index (χ0) is 23.3. The van der Waals surface area contributed by atoms with E-state index in [2.05, 4.69) is 17.3 Å². The molecule has 1 aliphatic rings. The molecule has 0 saturated carbocycles. The molecule has 1 amide bonds. The van der Waals surface area contributed by atoms with Crippen LogP contribution in [0.15, 0.2) is 54.3 Å². The molecule has 1 N–H and O–H groups in total. The lowest BCUT2D eigenvalue weighted by atomic mass is 10.0. The third kappa shape index (κ3) is 6.29. The molecule has 0 spiro atoms. The van der Waals surface area contributed by atoms with Crippen LogP contribution in [0.5, 0.6) is 5.88 Å². The molecule has 2 atom stereocenters. The van der Waals surface area contributed by atoms with Crippen molar-refractivity contribution in [3.05, 3.63) is 65.0 Å². The Bertz CT molecular complexity index is 1020. The van der Waals surface area contributed by atoms with Gasteiger partial charge in [0.1, 0.15) is 11.9 Å². The molecule has 2 unspecified atom stereocenters. The molecular formula is C22H23ClF3N3O3. The van der Waals surface area contributed by atoms with Crippen molar-refractivity contribution in [2.24, 2.45) is 5.92 Å². The predicted molar refractivity (Wildman–Crippen MR) is 114 cm³/mol. The lowest BCUT2D eigenvalue weighted by Gasteiger charge is -2.19. The number of halogens is 4. The Hall–Kier alpha value is -2.94. The standard InChI is InChI=1S/C22H23ClF3N3O3/c1-14-7-9-16(10-8-14)32-15(2)12-27-20(30)13-31-21-11-19(22(24,25)26)28-29(21)18-6-4-3-5-17(18)23/h3-7,9-11,14-15H,8,12-13H2,1-2H3,(H,27,30). The first-order valence-corrected chi connectivity index (χ1v) is 10.4. The van der Waals surface area contributed by atoms with Gasteiger partial charge in [0.15, 0.2) is 12.3 Å². The molecule has 1 aromatic carbocycles. The predicted octanol–water partition coefficient (Wildman–Crippen LogP) is 4.92. The Kier molecular flexibility index (Phi) is 7.50. The first kappa shape index (κ1) is 23.7. The van der Waals surface area contributed by atoms with E-state index >= 15 is 0 Å². The molecule has 1 aliphatic carbocycles. The minimum absolute atomic E-state index is 0.185. The van der Waals surface area contributed by atoms with E-state index in [1.54, 1.807) is 19.1 Å². The zero-order valence-electron chi connectivity index (χ0n) is 17.5. The molecule has 10 heteroatoms. The fraction of sp³-hybridized carbons (Fsp3) is 0.364. The smallest absolute Gasteiger partial charge is 0.435 e. The van der Waals surface area contributed by atoms with Gasteiger partial charge in [-0.1, -0.05) is 36.7 Å². The number of carbonyl (C=O) groups is 1. The summed E-state index contributed by atoms with van der Waals surface area (Å²) in [5.74, 6) is 0.440. The van der Waals surface area contributed by atoms with Crippen LogP contribution in [-0.4, -0.2) is 34.9 Å². The molecule has 0 radical (unpaired) electrons. The van der Waals surface area contributed by atoms with Crippen LogP contribution in [0.1, 0.15) is 26.0 Å². The van der Waals surface area contributed by atoms with Crippen molar-refractivity contribution in [3.8, 4) is 11.6 Å². The van der Waals surface area contributed by atoms with Gasteiger partial charge in [0.05, 0.1) is 17.3 Å². The maximum absolute atomic E-state index is 13.2. The van der Waals surface area contributed by atoms with E-state index in [-0.39, 0.29) is 29.2 Å². The highest BCUT2D eigenvalue weighted by molar-refractivity contribution is 6.32. The number of hydrogen-bond acceptors (Lipinski definition) is 4. The Labute approximate surface area is 188 Å². The minimum Gasteiger partial charge on any atom is -0.489 e. The molecule has 32 heavy (non-hydrogen) atoms. The summed E-state index contributed by atoms with van der Waals surface area (Å²) < 4.78 is 51.5. The number of nitrogens with one attached hydrogen (secondary N) is 1. The molecule has 2 aromatic rings. The fourth-order valence-corrected chi connectivity index (χ4v) is 3.13. The van der Waals surface area contributed by atoms with Crippen molar-refractivity contribution in [1.29, 1.82) is 0 Å². The number of ether oxygens (including phenoxy) is 2. The van der Waals surface area contributed by atoms with Crippen molar-refractivity contribution in [2.45, 2.75) is 32.5 Å². The van der Waals surface area contributed by atoms with Crippen LogP contribution >= 0.6 is 11.6 Å². The minimum atomic E-state index is -4.68. The molecule has 0 bridgehead atoms. The monoisotopic (exact) mass is 469 g/mol. The largest absolute Gasteiger partial charge is 0.489 e. The van der Waals surface area contributed by atoms with Crippen LogP contribution < -0.4 is 10.1 Å². The van der Waals surface area contributed by atoms with Gasteiger partial charge in [0, 0.05) is 6.07 Å². The summed E-state index contributed by atoms with van der Waals surface area (Å²) >= 11 is 6.09. The number of alkyl halides is 3. The van der Waals surface area contributed by atoms with Gasteiger partial charge in [-0.15, -0.1) is 0 Å². The highest BCUT2D eigenvalue weighted by atomic mass is 35.5. The number of amides is 1. The summed E-state index contributed by atoms with van der Waals surface area (Å²) in [5, 5.41) is 6.38. The van der Waals surface area contributed by atoms with E-state index < -0.39 is 24.4 Å². The van der Waals surface area contributed by atoms with Crippen LogP contribution in [0.2, 0.25) is 5.02 Å². The first-order valence-electron chi connectivity index (χ1n) is 10.00. The van der Waals surface area contributed by atoms with Crippen molar-refractivity contribution in [3.63, 3.8) is 0 Å². The van der Waals surface area contributed by atoms with E-state index in [1.165, 1.54) is 12.1 Å². The summed E-state index contributed by atoms with van der Waals surface area (Å²) in [6, 6.07) is 6.98. The Morgan fingerprint density at radius 3 is 2.78 bits per heavy atom.